The van der Waals surface area contributed by atoms with Crippen LogP contribution in [0.4, 0.5) is 0 Å². The van der Waals surface area contributed by atoms with Gasteiger partial charge in [0, 0.05) is 0 Å². The lowest BCUT2D eigenvalue weighted by Crippen LogP contribution is -2.43. The van der Waals surface area contributed by atoms with E-state index < -0.39 is 11.7 Å². The molecule has 4 saturated carbocycles. The summed E-state index contributed by atoms with van der Waals surface area (Å²) in [5, 5.41) is 29.0. The zero-order valence-electron chi connectivity index (χ0n) is 11.7. The summed E-state index contributed by atoms with van der Waals surface area (Å²) >= 11 is 0. The van der Waals surface area contributed by atoms with Crippen molar-refractivity contribution in [3.8, 4) is 0 Å². The number of aliphatic hydroxyl groups is 3. The van der Waals surface area contributed by atoms with Gasteiger partial charge in [-0.25, -0.2) is 0 Å². The maximum absolute atomic E-state index is 10.0. The minimum atomic E-state index is -1.36. The minimum absolute atomic E-state index is 0.342. The number of rotatable bonds is 5. The first-order chi connectivity index (χ1) is 8.27. The van der Waals surface area contributed by atoms with Gasteiger partial charge in [-0.1, -0.05) is 13.8 Å². The summed E-state index contributed by atoms with van der Waals surface area (Å²) in [5.41, 5.74) is -0.515. The summed E-state index contributed by atoms with van der Waals surface area (Å²) in [7, 11) is 0. The Labute approximate surface area is 109 Å². The van der Waals surface area contributed by atoms with Crippen LogP contribution in [0.1, 0.15) is 46.5 Å². The highest BCUT2D eigenvalue weighted by atomic mass is 16.4. The van der Waals surface area contributed by atoms with Crippen LogP contribution in [0.15, 0.2) is 0 Å². The van der Waals surface area contributed by atoms with E-state index >= 15 is 0 Å². The van der Waals surface area contributed by atoms with Gasteiger partial charge >= 0.3 is 0 Å². The number of aliphatic hydroxyl groups excluding tert-OH is 2. The van der Waals surface area contributed by atoms with Gasteiger partial charge in [0.2, 0.25) is 0 Å². The van der Waals surface area contributed by atoms with E-state index in [-0.39, 0.29) is 6.61 Å². The maximum atomic E-state index is 10.0. The first-order valence-corrected chi connectivity index (χ1v) is 7.28. The van der Waals surface area contributed by atoms with Crippen molar-refractivity contribution in [1.29, 1.82) is 0 Å². The van der Waals surface area contributed by atoms with Gasteiger partial charge in [-0.3, -0.25) is 0 Å². The third kappa shape index (κ3) is 1.31. The van der Waals surface area contributed by atoms with Crippen LogP contribution in [0.2, 0.25) is 0 Å². The van der Waals surface area contributed by atoms with Crippen LogP contribution in [0.3, 0.4) is 0 Å². The molecular formula is C15H26O3. The summed E-state index contributed by atoms with van der Waals surface area (Å²) in [4.78, 5) is 0. The molecule has 18 heavy (non-hydrogen) atoms. The van der Waals surface area contributed by atoms with Crippen LogP contribution in [0.25, 0.3) is 0 Å². The van der Waals surface area contributed by atoms with Crippen molar-refractivity contribution < 1.29 is 15.3 Å². The average molecular weight is 254 g/mol. The molecule has 104 valence electrons. The Morgan fingerprint density at radius 1 is 1.28 bits per heavy atom. The predicted octanol–water partition coefficient (Wildman–Crippen LogP) is 1.55. The molecule has 0 aromatic carbocycles. The van der Waals surface area contributed by atoms with Crippen molar-refractivity contribution in [2.24, 2.45) is 28.6 Å². The van der Waals surface area contributed by atoms with Crippen LogP contribution in [0, 0.1) is 28.6 Å². The van der Waals surface area contributed by atoms with Crippen molar-refractivity contribution in [1.82, 2.24) is 0 Å². The van der Waals surface area contributed by atoms with Crippen LogP contribution >= 0.6 is 0 Å². The molecular weight excluding hydrogens is 228 g/mol. The third-order valence-electron chi connectivity index (χ3n) is 7.10. The van der Waals surface area contributed by atoms with E-state index in [9.17, 15) is 10.2 Å². The van der Waals surface area contributed by atoms with E-state index in [4.69, 9.17) is 5.11 Å². The summed E-state index contributed by atoms with van der Waals surface area (Å²) < 4.78 is 0. The second-order valence-electron chi connectivity index (χ2n) is 7.65. The Morgan fingerprint density at radius 3 is 2.22 bits per heavy atom. The molecule has 0 aromatic heterocycles. The molecule has 0 aliphatic heterocycles. The molecule has 4 rings (SSSR count). The lowest BCUT2D eigenvalue weighted by molar-refractivity contribution is -0.0994. The molecule has 0 amide bonds. The Bertz CT molecular complexity index is 353. The zero-order chi connectivity index (χ0) is 13.3. The molecule has 0 saturated heterocycles. The fourth-order valence-corrected chi connectivity index (χ4v) is 5.36. The predicted molar refractivity (Wildman–Crippen MR) is 68.9 cm³/mol. The molecule has 3 N–H and O–H groups in total. The van der Waals surface area contributed by atoms with Crippen LogP contribution in [-0.4, -0.2) is 33.6 Å². The maximum Gasteiger partial charge on any atom is 0.111 e. The molecule has 4 aliphatic carbocycles. The quantitative estimate of drug-likeness (QED) is 0.697. The van der Waals surface area contributed by atoms with Gasteiger partial charge in [0.25, 0.3) is 0 Å². The number of hydrogen-bond acceptors (Lipinski definition) is 3. The van der Waals surface area contributed by atoms with Gasteiger partial charge in [0.15, 0.2) is 0 Å². The lowest BCUT2D eigenvalue weighted by Gasteiger charge is -2.37. The molecule has 4 bridgehead atoms. The fourth-order valence-electron chi connectivity index (χ4n) is 5.36. The Morgan fingerprint density at radius 2 is 1.83 bits per heavy atom. The van der Waals surface area contributed by atoms with Crippen molar-refractivity contribution >= 4 is 0 Å². The first-order valence-electron chi connectivity index (χ1n) is 7.28. The first kappa shape index (κ1) is 12.9. The van der Waals surface area contributed by atoms with E-state index in [1.807, 2.05) is 0 Å². The average Bonchev–Trinajstić information content (AvgIpc) is 2.71. The second-order valence-corrected chi connectivity index (χ2v) is 7.65. The van der Waals surface area contributed by atoms with Gasteiger partial charge in [-0.05, 0) is 61.2 Å². The molecule has 4 fully saturated rings. The van der Waals surface area contributed by atoms with E-state index in [2.05, 4.69) is 13.8 Å². The van der Waals surface area contributed by atoms with E-state index in [1.165, 1.54) is 19.8 Å². The molecule has 0 radical (unpaired) electrons. The molecule has 0 heterocycles. The highest BCUT2D eigenvalue weighted by Gasteiger charge is 2.80. The van der Waals surface area contributed by atoms with E-state index in [0.29, 0.717) is 17.3 Å². The van der Waals surface area contributed by atoms with Crippen molar-refractivity contribution in [3.05, 3.63) is 0 Å². The highest BCUT2D eigenvalue weighted by molar-refractivity contribution is 5.28. The summed E-state index contributed by atoms with van der Waals surface area (Å²) in [6.07, 6.45) is 3.50. The van der Waals surface area contributed by atoms with Crippen molar-refractivity contribution in [2.45, 2.75) is 58.2 Å². The van der Waals surface area contributed by atoms with E-state index in [1.54, 1.807) is 0 Å². The van der Waals surface area contributed by atoms with E-state index in [0.717, 1.165) is 24.2 Å². The van der Waals surface area contributed by atoms with Crippen LogP contribution in [0.5, 0.6) is 0 Å². The summed E-state index contributed by atoms with van der Waals surface area (Å²) in [5.74, 6) is 2.69. The second kappa shape index (κ2) is 3.50. The SMILES string of the molecule is CC12C3CC(CC31)[C@@]2(C)CC[C@@H](O)[C@](C)(O)CO. The Hall–Kier alpha value is -0.120. The molecule has 0 spiro atoms. The van der Waals surface area contributed by atoms with Gasteiger partial charge in [0.05, 0.1) is 12.7 Å². The lowest BCUT2D eigenvalue weighted by atomic mass is 9.70. The molecule has 5 atom stereocenters. The summed E-state index contributed by atoms with van der Waals surface area (Å²) in [6, 6.07) is 0. The Kier molecular flexibility index (Phi) is 2.51. The zero-order valence-corrected chi connectivity index (χ0v) is 11.7. The molecule has 2 unspecified atom stereocenters. The van der Waals surface area contributed by atoms with Crippen LogP contribution in [-0.2, 0) is 0 Å². The fraction of sp³-hybridized carbons (Fsp3) is 1.00. The van der Waals surface area contributed by atoms with Gasteiger partial charge < -0.3 is 15.3 Å². The highest BCUT2D eigenvalue weighted by Crippen LogP contribution is 2.87. The molecule has 0 aromatic rings. The van der Waals surface area contributed by atoms with Gasteiger partial charge in [0.1, 0.15) is 5.60 Å². The topological polar surface area (TPSA) is 60.7 Å². The normalized spacial score (nSPS) is 53.3. The van der Waals surface area contributed by atoms with Crippen molar-refractivity contribution in [2.75, 3.05) is 6.61 Å². The molecule has 4 aliphatic rings. The van der Waals surface area contributed by atoms with Gasteiger partial charge in [-0.2, -0.15) is 0 Å². The van der Waals surface area contributed by atoms with Gasteiger partial charge in [-0.15, -0.1) is 0 Å². The standard InChI is InChI=1S/C15H26O3/c1-13(5-4-12(17)14(2,18)8-16)9-6-10-11(7-9)15(10,13)3/h9-12,16-18H,4-8H2,1-3H3/t9?,10?,11?,12-,13-,14-,15?/m1/s1. The largest absolute Gasteiger partial charge is 0.393 e. The minimum Gasteiger partial charge on any atom is -0.393 e. The monoisotopic (exact) mass is 254 g/mol. The summed E-state index contributed by atoms with van der Waals surface area (Å²) in [6.45, 7) is 5.93. The third-order valence-corrected chi connectivity index (χ3v) is 7.10. The van der Waals surface area contributed by atoms with Crippen molar-refractivity contribution in [3.63, 3.8) is 0 Å². The Balaban J connectivity index is 1.65. The van der Waals surface area contributed by atoms with Crippen LogP contribution < -0.4 is 0 Å². The molecule has 3 heteroatoms. The molecule has 3 nitrogen and oxygen atoms in total. The number of hydrogen-bond donors (Lipinski definition) is 3. The smallest absolute Gasteiger partial charge is 0.111 e.